The molecule has 0 aliphatic carbocycles. The quantitative estimate of drug-likeness (QED) is 0.912. The predicted octanol–water partition coefficient (Wildman–Crippen LogP) is 2.18. The fraction of sp³-hybridized carbons (Fsp3) is 0.353. The molecular weight excluding hydrogens is 312 g/mol. The Bertz CT molecular complexity index is 637. The average Bonchev–Trinajstić information content (AvgIpc) is 3.07. The average molecular weight is 332 g/mol. The van der Waals surface area contributed by atoms with Crippen molar-refractivity contribution in [1.29, 1.82) is 0 Å². The van der Waals surface area contributed by atoms with Gasteiger partial charge in [0.05, 0.1) is 0 Å². The molecule has 6 heteroatoms. The minimum Gasteiger partial charge on any atom is -0.504 e. The number of carbonyl (C=O) groups is 1. The van der Waals surface area contributed by atoms with Crippen LogP contribution in [0.3, 0.4) is 0 Å². The van der Waals surface area contributed by atoms with Gasteiger partial charge in [-0.2, -0.15) is 0 Å². The summed E-state index contributed by atoms with van der Waals surface area (Å²) in [5, 5.41) is 11.7. The summed E-state index contributed by atoms with van der Waals surface area (Å²) in [5.41, 5.74) is 0. The van der Waals surface area contributed by atoms with E-state index in [1.807, 2.05) is 4.90 Å². The summed E-state index contributed by atoms with van der Waals surface area (Å²) in [6.07, 6.45) is 0. The molecule has 2 aromatic rings. The zero-order valence-electron chi connectivity index (χ0n) is 12.9. The van der Waals surface area contributed by atoms with Crippen molar-refractivity contribution < 1.29 is 14.6 Å². The summed E-state index contributed by atoms with van der Waals surface area (Å²) in [6, 6.07) is 10.9. The van der Waals surface area contributed by atoms with E-state index in [9.17, 15) is 9.90 Å². The standard InChI is InChI=1S/C17H20N2O3S/c20-15-5-1-2-6-16(15)22-13-17(21)19-9-7-18(8-10-19)12-14-4-3-11-23-14/h1-6,11,20H,7-10,12-13H2. The third-order valence-electron chi connectivity index (χ3n) is 3.90. The number of benzene rings is 1. The molecule has 1 aromatic heterocycles. The SMILES string of the molecule is O=C(COc1ccccc1O)N1CCN(Cc2cccs2)CC1. The van der Waals surface area contributed by atoms with Crippen molar-refractivity contribution in [1.82, 2.24) is 9.80 Å². The Labute approximate surface area is 139 Å². The number of nitrogens with zero attached hydrogens (tertiary/aromatic N) is 2. The summed E-state index contributed by atoms with van der Waals surface area (Å²) in [6.45, 7) is 4.10. The van der Waals surface area contributed by atoms with Crippen molar-refractivity contribution in [2.75, 3.05) is 32.8 Å². The van der Waals surface area contributed by atoms with Gasteiger partial charge in [-0.05, 0) is 23.6 Å². The molecule has 1 amide bonds. The van der Waals surface area contributed by atoms with Crippen LogP contribution in [-0.4, -0.2) is 53.6 Å². The van der Waals surface area contributed by atoms with Crippen LogP contribution >= 0.6 is 11.3 Å². The van der Waals surface area contributed by atoms with E-state index < -0.39 is 0 Å². The van der Waals surface area contributed by atoms with Crippen LogP contribution in [-0.2, 0) is 11.3 Å². The minimum absolute atomic E-state index is 0.0379. The van der Waals surface area contributed by atoms with Crippen LogP contribution in [0.1, 0.15) is 4.88 Å². The summed E-state index contributed by atoms with van der Waals surface area (Å²) >= 11 is 1.76. The Morgan fingerprint density at radius 1 is 1.13 bits per heavy atom. The van der Waals surface area contributed by atoms with E-state index in [-0.39, 0.29) is 18.3 Å². The van der Waals surface area contributed by atoms with Gasteiger partial charge < -0.3 is 14.7 Å². The Morgan fingerprint density at radius 2 is 1.91 bits per heavy atom. The summed E-state index contributed by atoms with van der Waals surface area (Å²) in [7, 11) is 0. The molecule has 3 rings (SSSR count). The number of aromatic hydroxyl groups is 1. The zero-order valence-corrected chi connectivity index (χ0v) is 13.7. The fourth-order valence-electron chi connectivity index (χ4n) is 2.59. The predicted molar refractivity (Wildman–Crippen MR) is 89.8 cm³/mol. The van der Waals surface area contributed by atoms with Gasteiger partial charge in [0, 0.05) is 37.6 Å². The number of phenolic OH excluding ortho intramolecular Hbond substituents is 1. The number of piperazine rings is 1. The van der Waals surface area contributed by atoms with Crippen LogP contribution in [0.4, 0.5) is 0 Å². The van der Waals surface area contributed by atoms with Crippen LogP contribution in [0.5, 0.6) is 11.5 Å². The van der Waals surface area contributed by atoms with Crippen LogP contribution < -0.4 is 4.74 Å². The van der Waals surface area contributed by atoms with Crippen molar-refractivity contribution in [2.45, 2.75) is 6.54 Å². The van der Waals surface area contributed by atoms with Crippen molar-refractivity contribution in [3.8, 4) is 11.5 Å². The highest BCUT2D eigenvalue weighted by molar-refractivity contribution is 7.09. The van der Waals surface area contributed by atoms with Gasteiger partial charge in [-0.25, -0.2) is 0 Å². The highest BCUT2D eigenvalue weighted by Crippen LogP contribution is 2.24. The first kappa shape index (κ1) is 15.8. The molecule has 122 valence electrons. The molecule has 1 aliphatic rings. The second kappa shape index (κ2) is 7.48. The molecule has 1 aliphatic heterocycles. The smallest absolute Gasteiger partial charge is 0.260 e. The van der Waals surface area contributed by atoms with Gasteiger partial charge >= 0.3 is 0 Å². The Kier molecular flexibility index (Phi) is 5.15. The van der Waals surface area contributed by atoms with E-state index in [0.29, 0.717) is 18.8 Å². The number of amides is 1. The molecule has 1 aromatic carbocycles. The second-order valence-electron chi connectivity index (χ2n) is 5.49. The lowest BCUT2D eigenvalue weighted by atomic mass is 10.3. The molecule has 1 saturated heterocycles. The molecule has 1 fully saturated rings. The molecule has 0 radical (unpaired) electrons. The molecule has 2 heterocycles. The maximum atomic E-state index is 12.2. The zero-order chi connectivity index (χ0) is 16.1. The number of hydrogen-bond donors (Lipinski definition) is 1. The van der Waals surface area contributed by atoms with E-state index in [2.05, 4.69) is 22.4 Å². The van der Waals surface area contributed by atoms with Crippen molar-refractivity contribution >= 4 is 17.2 Å². The van der Waals surface area contributed by atoms with Crippen LogP contribution in [0, 0.1) is 0 Å². The lowest BCUT2D eigenvalue weighted by Gasteiger charge is -2.34. The molecule has 5 nitrogen and oxygen atoms in total. The van der Waals surface area contributed by atoms with Crippen LogP contribution in [0.2, 0.25) is 0 Å². The Balaban J connectivity index is 1.44. The maximum Gasteiger partial charge on any atom is 0.260 e. The van der Waals surface area contributed by atoms with E-state index in [1.165, 1.54) is 4.88 Å². The number of ether oxygens (including phenoxy) is 1. The molecule has 0 unspecified atom stereocenters. The third kappa shape index (κ3) is 4.24. The Hall–Kier alpha value is -2.05. The normalized spacial score (nSPS) is 15.6. The van der Waals surface area contributed by atoms with Gasteiger partial charge in [-0.15, -0.1) is 11.3 Å². The third-order valence-corrected chi connectivity index (χ3v) is 4.76. The fourth-order valence-corrected chi connectivity index (χ4v) is 3.33. The second-order valence-corrected chi connectivity index (χ2v) is 6.52. The molecule has 0 saturated carbocycles. The first-order valence-electron chi connectivity index (χ1n) is 7.65. The van der Waals surface area contributed by atoms with Gasteiger partial charge in [0.25, 0.3) is 5.91 Å². The van der Waals surface area contributed by atoms with Crippen LogP contribution in [0.25, 0.3) is 0 Å². The van der Waals surface area contributed by atoms with E-state index in [1.54, 1.807) is 35.6 Å². The lowest BCUT2D eigenvalue weighted by molar-refractivity contribution is -0.135. The van der Waals surface area contributed by atoms with E-state index in [0.717, 1.165) is 19.6 Å². The minimum atomic E-state index is -0.0392. The number of phenols is 1. The van der Waals surface area contributed by atoms with E-state index >= 15 is 0 Å². The Morgan fingerprint density at radius 3 is 2.61 bits per heavy atom. The maximum absolute atomic E-state index is 12.2. The van der Waals surface area contributed by atoms with Gasteiger partial charge in [0.2, 0.25) is 0 Å². The number of carbonyl (C=O) groups excluding carboxylic acids is 1. The van der Waals surface area contributed by atoms with Gasteiger partial charge in [0.15, 0.2) is 18.1 Å². The van der Waals surface area contributed by atoms with Crippen molar-refractivity contribution in [2.24, 2.45) is 0 Å². The number of para-hydroxylation sites is 2. The summed E-state index contributed by atoms with van der Waals surface area (Å²) in [5.74, 6) is 0.363. The highest BCUT2D eigenvalue weighted by atomic mass is 32.1. The molecule has 0 atom stereocenters. The topological polar surface area (TPSA) is 53.0 Å². The number of hydrogen-bond acceptors (Lipinski definition) is 5. The summed E-state index contributed by atoms with van der Waals surface area (Å²) in [4.78, 5) is 17.7. The van der Waals surface area contributed by atoms with Gasteiger partial charge in [-0.1, -0.05) is 18.2 Å². The number of rotatable bonds is 5. The molecule has 0 spiro atoms. The van der Waals surface area contributed by atoms with Crippen molar-refractivity contribution in [3.05, 3.63) is 46.7 Å². The largest absolute Gasteiger partial charge is 0.504 e. The molecular formula is C17H20N2O3S. The first-order valence-corrected chi connectivity index (χ1v) is 8.53. The number of thiophene rings is 1. The van der Waals surface area contributed by atoms with Gasteiger partial charge in [-0.3, -0.25) is 9.69 Å². The van der Waals surface area contributed by atoms with E-state index in [4.69, 9.17) is 4.74 Å². The van der Waals surface area contributed by atoms with Gasteiger partial charge in [0.1, 0.15) is 0 Å². The molecule has 0 bridgehead atoms. The summed E-state index contributed by atoms with van der Waals surface area (Å²) < 4.78 is 5.41. The molecule has 23 heavy (non-hydrogen) atoms. The lowest BCUT2D eigenvalue weighted by Crippen LogP contribution is -2.49. The molecule has 1 N–H and O–H groups in total. The van der Waals surface area contributed by atoms with Crippen molar-refractivity contribution in [3.63, 3.8) is 0 Å². The highest BCUT2D eigenvalue weighted by Gasteiger charge is 2.21. The van der Waals surface area contributed by atoms with Crippen LogP contribution in [0.15, 0.2) is 41.8 Å². The first-order chi connectivity index (χ1) is 11.2. The monoisotopic (exact) mass is 332 g/mol.